The molecule has 1 unspecified atom stereocenters. The summed E-state index contributed by atoms with van der Waals surface area (Å²) in [5, 5.41) is 21.6. The van der Waals surface area contributed by atoms with Gasteiger partial charge in [0.2, 0.25) is 11.8 Å². The SMILES string of the molecule is O=C(N[C@@H]1CC[C@H](C(=O)N2CCN(c3ccccc3)CC2)[C@@H](C(=O)NO)C1)OC(CCO)c1ccccc1. The van der Waals surface area contributed by atoms with Crippen LogP contribution in [-0.2, 0) is 14.3 Å². The number of hydrogen-bond donors (Lipinski definition) is 4. The number of aliphatic hydroxyl groups excluding tert-OH is 1. The maximum absolute atomic E-state index is 13.4. The first-order valence-corrected chi connectivity index (χ1v) is 13.2. The molecular formula is C28H36N4O6. The van der Waals surface area contributed by atoms with Crippen LogP contribution in [0.3, 0.4) is 0 Å². The van der Waals surface area contributed by atoms with Crippen LogP contribution in [0.2, 0.25) is 0 Å². The van der Waals surface area contributed by atoms with Crippen molar-refractivity contribution >= 4 is 23.6 Å². The Kier molecular flexibility index (Phi) is 9.56. The van der Waals surface area contributed by atoms with Gasteiger partial charge in [-0.25, -0.2) is 10.3 Å². The molecule has 204 valence electrons. The number of anilines is 1. The van der Waals surface area contributed by atoms with E-state index < -0.39 is 36.0 Å². The molecule has 4 atom stereocenters. The van der Waals surface area contributed by atoms with E-state index in [0.29, 0.717) is 39.0 Å². The van der Waals surface area contributed by atoms with Crippen molar-refractivity contribution in [3.63, 3.8) is 0 Å². The summed E-state index contributed by atoms with van der Waals surface area (Å²) < 4.78 is 5.58. The molecule has 0 bridgehead atoms. The number of amides is 3. The summed E-state index contributed by atoms with van der Waals surface area (Å²) >= 11 is 0. The molecule has 0 spiro atoms. The number of alkyl carbamates (subject to hydrolysis) is 1. The summed E-state index contributed by atoms with van der Waals surface area (Å²) in [6, 6.07) is 18.8. The monoisotopic (exact) mass is 524 g/mol. The molecule has 1 saturated carbocycles. The summed E-state index contributed by atoms with van der Waals surface area (Å²) in [5.41, 5.74) is 3.59. The molecule has 4 N–H and O–H groups in total. The highest BCUT2D eigenvalue weighted by Crippen LogP contribution is 2.33. The topological polar surface area (TPSA) is 131 Å². The molecular weight excluding hydrogens is 488 g/mol. The Morgan fingerprint density at radius 1 is 0.921 bits per heavy atom. The molecule has 2 aromatic rings. The van der Waals surface area contributed by atoms with Crippen molar-refractivity contribution in [1.82, 2.24) is 15.7 Å². The van der Waals surface area contributed by atoms with Gasteiger partial charge < -0.3 is 25.0 Å². The van der Waals surface area contributed by atoms with Crippen molar-refractivity contribution in [2.75, 3.05) is 37.7 Å². The largest absolute Gasteiger partial charge is 0.441 e. The van der Waals surface area contributed by atoms with E-state index in [1.54, 1.807) is 10.4 Å². The summed E-state index contributed by atoms with van der Waals surface area (Å²) in [6.07, 6.45) is 0.108. The van der Waals surface area contributed by atoms with Crippen molar-refractivity contribution in [3.05, 3.63) is 66.2 Å². The number of hydroxylamine groups is 1. The van der Waals surface area contributed by atoms with Gasteiger partial charge in [-0.2, -0.15) is 0 Å². The fourth-order valence-corrected chi connectivity index (χ4v) is 5.44. The predicted molar refractivity (Wildman–Crippen MR) is 140 cm³/mol. The summed E-state index contributed by atoms with van der Waals surface area (Å²) in [6.45, 7) is 2.37. The van der Waals surface area contributed by atoms with E-state index in [0.717, 1.165) is 11.3 Å². The zero-order valence-corrected chi connectivity index (χ0v) is 21.4. The second-order valence-corrected chi connectivity index (χ2v) is 9.81. The Morgan fingerprint density at radius 3 is 2.21 bits per heavy atom. The van der Waals surface area contributed by atoms with Gasteiger partial charge in [-0.15, -0.1) is 0 Å². The average Bonchev–Trinajstić information content (AvgIpc) is 2.97. The van der Waals surface area contributed by atoms with Crippen LogP contribution < -0.4 is 15.7 Å². The van der Waals surface area contributed by atoms with Gasteiger partial charge in [0.1, 0.15) is 6.10 Å². The highest BCUT2D eigenvalue weighted by Gasteiger charge is 2.42. The molecule has 0 radical (unpaired) electrons. The van der Waals surface area contributed by atoms with E-state index in [1.165, 1.54) is 0 Å². The number of para-hydroxylation sites is 1. The van der Waals surface area contributed by atoms with E-state index >= 15 is 0 Å². The van der Waals surface area contributed by atoms with Gasteiger partial charge in [0.05, 0.1) is 5.92 Å². The number of nitrogens with one attached hydrogen (secondary N) is 2. The Balaban J connectivity index is 1.34. The van der Waals surface area contributed by atoms with E-state index in [1.807, 2.05) is 60.7 Å². The number of hydrogen-bond acceptors (Lipinski definition) is 7. The number of benzene rings is 2. The molecule has 2 aliphatic rings. The lowest BCUT2D eigenvalue weighted by Crippen LogP contribution is -2.54. The first kappa shape index (κ1) is 27.4. The zero-order chi connectivity index (χ0) is 26.9. The average molecular weight is 525 g/mol. The summed E-state index contributed by atoms with van der Waals surface area (Å²) in [7, 11) is 0. The smallest absolute Gasteiger partial charge is 0.407 e. The normalized spacial score (nSPS) is 22.3. The van der Waals surface area contributed by atoms with Crippen LogP contribution in [0.1, 0.15) is 37.4 Å². The minimum Gasteiger partial charge on any atom is -0.441 e. The lowest BCUT2D eigenvalue weighted by molar-refractivity contribution is -0.147. The molecule has 10 heteroatoms. The van der Waals surface area contributed by atoms with Crippen LogP contribution in [0, 0.1) is 11.8 Å². The van der Waals surface area contributed by atoms with Gasteiger partial charge in [0, 0.05) is 56.9 Å². The van der Waals surface area contributed by atoms with E-state index in [4.69, 9.17) is 4.74 Å². The Morgan fingerprint density at radius 2 is 1.58 bits per heavy atom. The molecule has 3 amide bonds. The number of ether oxygens (including phenoxy) is 1. The van der Waals surface area contributed by atoms with Crippen LogP contribution in [0.4, 0.5) is 10.5 Å². The van der Waals surface area contributed by atoms with Crippen LogP contribution >= 0.6 is 0 Å². The molecule has 10 nitrogen and oxygen atoms in total. The van der Waals surface area contributed by atoms with Gasteiger partial charge in [0.15, 0.2) is 0 Å². The number of aliphatic hydroxyl groups is 1. The number of rotatable bonds is 8. The lowest BCUT2D eigenvalue weighted by Gasteiger charge is -2.40. The van der Waals surface area contributed by atoms with Gasteiger partial charge >= 0.3 is 6.09 Å². The van der Waals surface area contributed by atoms with Gasteiger partial charge in [-0.05, 0) is 37.0 Å². The highest BCUT2D eigenvalue weighted by molar-refractivity contribution is 5.87. The first-order chi connectivity index (χ1) is 18.5. The van der Waals surface area contributed by atoms with Gasteiger partial charge in [0.25, 0.3) is 0 Å². The Labute approximate surface area is 222 Å². The number of carbonyl (C=O) groups is 3. The predicted octanol–water partition coefficient (Wildman–Crippen LogP) is 2.48. The van der Waals surface area contributed by atoms with Crippen molar-refractivity contribution in [2.45, 2.75) is 37.8 Å². The third-order valence-corrected chi connectivity index (χ3v) is 7.46. The molecule has 4 rings (SSSR count). The summed E-state index contributed by atoms with van der Waals surface area (Å²) in [5.74, 6) is -2.08. The molecule has 2 fully saturated rings. The summed E-state index contributed by atoms with van der Waals surface area (Å²) in [4.78, 5) is 42.7. The van der Waals surface area contributed by atoms with E-state index in [-0.39, 0.29) is 25.4 Å². The molecule has 1 aliphatic carbocycles. The van der Waals surface area contributed by atoms with Crippen molar-refractivity contribution < 1.29 is 29.4 Å². The fraction of sp³-hybridized carbons (Fsp3) is 0.464. The van der Waals surface area contributed by atoms with Crippen molar-refractivity contribution in [1.29, 1.82) is 0 Å². The second-order valence-electron chi connectivity index (χ2n) is 9.81. The van der Waals surface area contributed by atoms with Crippen molar-refractivity contribution in [3.8, 4) is 0 Å². The lowest BCUT2D eigenvalue weighted by atomic mass is 9.75. The third-order valence-electron chi connectivity index (χ3n) is 7.46. The minimum absolute atomic E-state index is 0.0978. The highest BCUT2D eigenvalue weighted by atomic mass is 16.6. The number of carbonyl (C=O) groups excluding carboxylic acids is 3. The van der Waals surface area contributed by atoms with Crippen LogP contribution in [0.25, 0.3) is 0 Å². The molecule has 1 heterocycles. The van der Waals surface area contributed by atoms with Gasteiger partial charge in [-0.1, -0.05) is 48.5 Å². The van der Waals surface area contributed by atoms with Crippen LogP contribution in [-0.4, -0.2) is 71.9 Å². The Bertz CT molecular complexity index is 1060. The third kappa shape index (κ3) is 6.81. The van der Waals surface area contributed by atoms with Gasteiger partial charge in [-0.3, -0.25) is 14.8 Å². The number of nitrogens with zero attached hydrogens (tertiary/aromatic N) is 2. The second kappa shape index (κ2) is 13.3. The molecule has 0 aromatic heterocycles. The Hall–Kier alpha value is -3.63. The molecule has 2 aromatic carbocycles. The quantitative estimate of drug-likeness (QED) is 0.308. The van der Waals surface area contributed by atoms with E-state index in [2.05, 4.69) is 10.2 Å². The zero-order valence-electron chi connectivity index (χ0n) is 21.4. The molecule has 38 heavy (non-hydrogen) atoms. The minimum atomic E-state index is -0.777. The molecule has 1 saturated heterocycles. The standard InChI is InChI=1S/C28H36N4O6/c33-18-13-25(20-7-3-1-4-8-20)38-28(36)29-21-11-12-23(24(19-21)26(34)30-37)27(35)32-16-14-31(15-17-32)22-9-5-2-6-10-22/h1-10,21,23-25,33,37H,11-19H2,(H,29,36)(H,30,34)/t21-,23+,24+,25?/m1/s1. The van der Waals surface area contributed by atoms with E-state index in [9.17, 15) is 24.7 Å². The van der Waals surface area contributed by atoms with Crippen molar-refractivity contribution in [2.24, 2.45) is 11.8 Å². The molecule has 1 aliphatic heterocycles. The van der Waals surface area contributed by atoms with Crippen LogP contribution in [0.15, 0.2) is 60.7 Å². The van der Waals surface area contributed by atoms with Crippen LogP contribution in [0.5, 0.6) is 0 Å². The number of piperazine rings is 1. The fourth-order valence-electron chi connectivity index (χ4n) is 5.44. The first-order valence-electron chi connectivity index (χ1n) is 13.2. The maximum Gasteiger partial charge on any atom is 0.407 e. The maximum atomic E-state index is 13.4.